The van der Waals surface area contributed by atoms with E-state index in [1.54, 1.807) is 27.9 Å². The number of halogens is 1. The first kappa shape index (κ1) is 29.3. The van der Waals surface area contributed by atoms with Gasteiger partial charge >= 0.3 is 0 Å². The number of aromatic nitrogens is 3. The van der Waals surface area contributed by atoms with Crippen LogP contribution in [0, 0.1) is 23.2 Å². The van der Waals surface area contributed by atoms with E-state index in [-0.39, 0.29) is 35.3 Å². The highest BCUT2D eigenvalue weighted by Crippen LogP contribution is 2.36. The topological polar surface area (TPSA) is 133 Å². The molecule has 0 aromatic carbocycles. The number of ketones is 1. The minimum Gasteiger partial charge on any atom is -0.361 e. The monoisotopic (exact) mass is 619 g/mol. The lowest BCUT2D eigenvalue weighted by Gasteiger charge is -2.37. The van der Waals surface area contributed by atoms with Crippen molar-refractivity contribution < 1.29 is 19.1 Å². The van der Waals surface area contributed by atoms with E-state index < -0.39 is 20.0 Å². The molecule has 6 rings (SSSR count). The maximum absolute atomic E-state index is 13.8. The molecule has 1 N–H and O–H groups in total. The van der Waals surface area contributed by atoms with Crippen molar-refractivity contribution in [2.24, 2.45) is 11.8 Å². The smallest absolute Gasteiger partial charge is 0.255 e. The number of carbonyl (C=O) groups is 3. The number of anilines is 1. The molecule has 43 heavy (non-hydrogen) atoms. The summed E-state index contributed by atoms with van der Waals surface area (Å²) in [6, 6.07) is 2.54. The SMILES string of the molecule is C[Si](C)(C)CCOCn1cc(C(=O)N[C@@H](C(=O)N2CC(C#N)C2)C2CC2)c2nc(N3C=C4C=CC(=O)C(Cl)=C4C3)cnc21. The Morgan fingerprint density at radius 1 is 1.26 bits per heavy atom. The Morgan fingerprint density at radius 3 is 2.72 bits per heavy atom. The van der Waals surface area contributed by atoms with Gasteiger partial charge in [-0.1, -0.05) is 31.2 Å². The minimum atomic E-state index is -1.29. The Bertz CT molecular complexity index is 1640. The number of hydrogen-bond acceptors (Lipinski definition) is 8. The van der Waals surface area contributed by atoms with Crippen LogP contribution in [0.25, 0.3) is 11.2 Å². The Labute approximate surface area is 255 Å². The summed E-state index contributed by atoms with van der Waals surface area (Å²) in [6.45, 7) is 8.80. The number of nitriles is 1. The van der Waals surface area contributed by atoms with Crippen LogP contribution in [0.2, 0.25) is 25.7 Å². The molecule has 0 spiro atoms. The molecule has 2 amide bonds. The third-order valence-corrected chi connectivity index (χ3v) is 10.3. The van der Waals surface area contributed by atoms with E-state index in [4.69, 9.17) is 26.6 Å². The molecule has 0 unspecified atom stereocenters. The number of ether oxygens (including phenoxy) is 1. The fraction of sp³-hybridized carbons (Fsp3) is 0.467. The largest absolute Gasteiger partial charge is 0.361 e. The fourth-order valence-corrected chi connectivity index (χ4v) is 6.37. The number of likely N-dealkylation sites (tertiary alicyclic amines) is 1. The van der Waals surface area contributed by atoms with Gasteiger partial charge < -0.3 is 24.4 Å². The van der Waals surface area contributed by atoms with Gasteiger partial charge in [-0.2, -0.15) is 5.26 Å². The number of amides is 2. The number of nitrogens with one attached hydrogen (secondary N) is 1. The van der Waals surface area contributed by atoms with Crippen LogP contribution < -0.4 is 10.2 Å². The molecule has 0 bridgehead atoms. The average Bonchev–Trinajstić information content (AvgIpc) is 3.58. The highest BCUT2D eigenvalue weighted by Gasteiger charge is 2.43. The standard InChI is InChI=1S/C30H34ClN7O4Si/c1-43(2,3)9-8-42-17-38-16-22(29(40)35-26(19-4-5-19)30(41)37-12-18(10-32)13-37)27-28(38)33-11-24(34-27)36-14-20-6-7-23(39)25(31)21(20)15-36/h6-7,11,14,16,18-19,26H,4-5,8-9,12-13,15,17H2,1-3H3,(H,35,40)/t26-/m1/s1. The highest BCUT2D eigenvalue weighted by molar-refractivity contribution is 6.76. The summed E-state index contributed by atoms with van der Waals surface area (Å²) in [5.41, 5.74) is 2.73. The summed E-state index contributed by atoms with van der Waals surface area (Å²) in [4.78, 5) is 52.1. The third-order valence-electron chi connectivity index (χ3n) is 8.21. The van der Waals surface area contributed by atoms with Crippen molar-refractivity contribution in [1.82, 2.24) is 24.8 Å². The first-order valence-electron chi connectivity index (χ1n) is 14.5. The first-order chi connectivity index (χ1) is 20.5. The van der Waals surface area contributed by atoms with Crippen LogP contribution in [0.4, 0.5) is 5.82 Å². The van der Waals surface area contributed by atoms with Gasteiger partial charge in [0, 0.05) is 45.7 Å². The lowest BCUT2D eigenvalue weighted by Crippen LogP contribution is -2.57. The van der Waals surface area contributed by atoms with Gasteiger partial charge in [0.2, 0.25) is 5.91 Å². The van der Waals surface area contributed by atoms with Gasteiger partial charge in [0.25, 0.3) is 5.91 Å². The van der Waals surface area contributed by atoms with Crippen molar-refractivity contribution >= 4 is 54.3 Å². The zero-order valence-electron chi connectivity index (χ0n) is 24.5. The van der Waals surface area contributed by atoms with Gasteiger partial charge in [-0.15, -0.1) is 0 Å². The van der Waals surface area contributed by atoms with E-state index >= 15 is 0 Å². The number of rotatable bonds is 10. The summed E-state index contributed by atoms with van der Waals surface area (Å²) in [7, 11) is -1.29. The van der Waals surface area contributed by atoms with Gasteiger partial charge in [-0.05, 0) is 42.5 Å². The quantitative estimate of drug-likeness (QED) is 0.315. The number of carbonyl (C=O) groups excluding carboxylic acids is 3. The molecule has 2 aromatic rings. The van der Waals surface area contributed by atoms with Crippen LogP contribution in [0.1, 0.15) is 23.2 Å². The summed E-state index contributed by atoms with van der Waals surface area (Å²) >= 11 is 6.29. The van der Waals surface area contributed by atoms with Crippen molar-refractivity contribution in [2.75, 3.05) is 31.1 Å². The number of allylic oxidation sites excluding steroid dienone is 3. The summed E-state index contributed by atoms with van der Waals surface area (Å²) in [5, 5.41) is 12.3. The van der Waals surface area contributed by atoms with Crippen LogP contribution in [0.5, 0.6) is 0 Å². The van der Waals surface area contributed by atoms with Crippen LogP contribution in [-0.2, 0) is 21.1 Å². The van der Waals surface area contributed by atoms with E-state index in [9.17, 15) is 14.4 Å². The molecular formula is C30H34ClN7O4Si. The van der Waals surface area contributed by atoms with E-state index in [0.29, 0.717) is 48.8 Å². The second-order valence-corrected chi connectivity index (χ2v) is 18.8. The first-order valence-corrected chi connectivity index (χ1v) is 18.6. The molecule has 2 fully saturated rings. The van der Waals surface area contributed by atoms with Crippen molar-refractivity contribution in [2.45, 2.75) is 51.3 Å². The Hall–Kier alpha value is -3.79. The fourth-order valence-electron chi connectivity index (χ4n) is 5.38. The van der Waals surface area contributed by atoms with Crippen molar-refractivity contribution in [3.8, 4) is 6.07 Å². The zero-order chi connectivity index (χ0) is 30.5. The predicted molar refractivity (Wildman–Crippen MR) is 164 cm³/mol. The molecule has 13 heteroatoms. The molecule has 1 saturated carbocycles. The molecule has 2 aliphatic heterocycles. The van der Waals surface area contributed by atoms with E-state index in [2.05, 4.69) is 36.0 Å². The van der Waals surface area contributed by atoms with Crippen LogP contribution in [0.15, 0.2) is 46.9 Å². The molecule has 4 aliphatic rings. The molecule has 11 nitrogen and oxygen atoms in total. The average molecular weight is 620 g/mol. The number of hydrogen-bond donors (Lipinski definition) is 1. The molecule has 2 aliphatic carbocycles. The lowest BCUT2D eigenvalue weighted by atomic mass is 9.99. The van der Waals surface area contributed by atoms with Gasteiger partial charge in [0.15, 0.2) is 17.2 Å². The van der Waals surface area contributed by atoms with Gasteiger partial charge in [0.05, 0.1) is 35.3 Å². The molecule has 0 radical (unpaired) electrons. The normalized spacial score (nSPS) is 19.3. The van der Waals surface area contributed by atoms with Crippen molar-refractivity contribution in [1.29, 1.82) is 5.26 Å². The Balaban J connectivity index is 1.28. The molecule has 1 atom stereocenters. The van der Waals surface area contributed by atoms with Crippen molar-refractivity contribution in [3.63, 3.8) is 0 Å². The van der Waals surface area contributed by atoms with Crippen molar-refractivity contribution in [3.05, 3.63) is 52.5 Å². The zero-order valence-corrected chi connectivity index (χ0v) is 26.2. The molecular weight excluding hydrogens is 586 g/mol. The number of nitrogens with zero attached hydrogens (tertiary/aromatic N) is 6. The van der Waals surface area contributed by atoms with Crippen LogP contribution in [-0.4, -0.2) is 77.4 Å². The lowest BCUT2D eigenvalue weighted by molar-refractivity contribution is -0.138. The van der Waals surface area contributed by atoms with E-state index in [0.717, 1.165) is 30.0 Å². The van der Waals surface area contributed by atoms with Crippen LogP contribution >= 0.6 is 11.6 Å². The van der Waals surface area contributed by atoms with E-state index in [1.165, 1.54) is 6.08 Å². The summed E-state index contributed by atoms with van der Waals surface area (Å²) < 4.78 is 7.76. The predicted octanol–water partition coefficient (Wildman–Crippen LogP) is 3.57. The number of fused-ring (bicyclic) bond motifs is 2. The van der Waals surface area contributed by atoms with E-state index in [1.807, 2.05) is 11.1 Å². The minimum absolute atomic E-state index is 0.0748. The summed E-state index contributed by atoms with van der Waals surface area (Å²) in [6.07, 6.45) is 10.1. The van der Waals surface area contributed by atoms with Gasteiger partial charge in [-0.3, -0.25) is 14.4 Å². The maximum atomic E-state index is 13.8. The second kappa shape index (κ2) is 11.4. The maximum Gasteiger partial charge on any atom is 0.255 e. The Morgan fingerprint density at radius 2 is 2.02 bits per heavy atom. The summed E-state index contributed by atoms with van der Waals surface area (Å²) in [5.74, 6) is -0.374. The van der Waals surface area contributed by atoms with Gasteiger partial charge in [-0.25, -0.2) is 9.97 Å². The molecule has 224 valence electrons. The third kappa shape index (κ3) is 6.02. The van der Waals surface area contributed by atoms with Crippen LogP contribution in [0.3, 0.4) is 0 Å². The second-order valence-electron chi connectivity index (χ2n) is 12.8. The molecule has 4 heterocycles. The molecule has 1 saturated heterocycles. The highest BCUT2D eigenvalue weighted by atomic mass is 35.5. The molecule has 2 aromatic heterocycles. The Kier molecular flexibility index (Phi) is 7.74. The van der Waals surface area contributed by atoms with Gasteiger partial charge in [0.1, 0.15) is 18.3 Å².